The maximum Gasteiger partial charge on any atom is 0.236 e. The van der Waals surface area contributed by atoms with E-state index in [2.05, 4.69) is 32.6 Å². The average molecular weight is 283 g/mol. The third kappa shape index (κ3) is 3.95. The summed E-state index contributed by atoms with van der Waals surface area (Å²) in [7, 11) is 1.89. The van der Waals surface area contributed by atoms with Crippen molar-refractivity contribution < 1.29 is 4.79 Å². The Balaban J connectivity index is 2.75. The third-order valence-corrected chi connectivity index (χ3v) is 5.13. The van der Waals surface area contributed by atoms with Gasteiger partial charge in [-0.05, 0) is 52.0 Å². The monoisotopic (exact) mass is 283 g/mol. The van der Waals surface area contributed by atoms with Crippen molar-refractivity contribution in [2.75, 3.05) is 26.7 Å². The first-order valence-electron chi connectivity index (χ1n) is 8.07. The lowest BCUT2D eigenvalue weighted by Crippen LogP contribution is -2.58. The molecule has 4 heteroatoms. The van der Waals surface area contributed by atoms with Gasteiger partial charge < -0.3 is 10.6 Å². The van der Waals surface area contributed by atoms with Crippen molar-refractivity contribution in [1.82, 2.24) is 9.80 Å². The molecule has 1 aliphatic rings. The molecule has 2 N–H and O–H groups in total. The molecule has 20 heavy (non-hydrogen) atoms. The van der Waals surface area contributed by atoms with E-state index in [-0.39, 0.29) is 17.5 Å². The van der Waals surface area contributed by atoms with E-state index < -0.39 is 0 Å². The zero-order valence-electron chi connectivity index (χ0n) is 14.0. The van der Waals surface area contributed by atoms with Gasteiger partial charge >= 0.3 is 0 Å². The molecule has 1 fully saturated rings. The molecule has 118 valence electrons. The van der Waals surface area contributed by atoms with Crippen LogP contribution < -0.4 is 5.73 Å². The van der Waals surface area contributed by atoms with E-state index in [1.165, 1.54) is 12.8 Å². The van der Waals surface area contributed by atoms with Gasteiger partial charge in [0.1, 0.15) is 0 Å². The van der Waals surface area contributed by atoms with Gasteiger partial charge in [-0.1, -0.05) is 13.8 Å². The van der Waals surface area contributed by atoms with Gasteiger partial charge in [-0.3, -0.25) is 9.69 Å². The first-order chi connectivity index (χ1) is 9.36. The fourth-order valence-corrected chi connectivity index (χ4v) is 3.13. The molecule has 0 aromatic carbocycles. The highest BCUT2D eigenvalue weighted by atomic mass is 16.2. The lowest BCUT2D eigenvalue weighted by Gasteiger charge is -2.47. The van der Waals surface area contributed by atoms with Crippen molar-refractivity contribution >= 4 is 5.91 Å². The molecule has 1 saturated carbocycles. The maximum absolute atomic E-state index is 12.4. The Morgan fingerprint density at radius 1 is 1.35 bits per heavy atom. The van der Waals surface area contributed by atoms with Crippen LogP contribution in [0.2, 0.25) is 0 Å². The van der Waals surface area contributed by atoms with Crippen LogP contribution >= 0.6 is 0 Å². The number of rotatable bonds is 6. The Hall–Kier alpha value is -0.610. The van der Waals surface area contributed by atoms with Gasteiger partial charge in [0.05, 0.1) is 6.54 Å². The zero-order chi connectivity index (χ0) is 15.3. The summed E-state index contributed by atoms with van der Waals surface area (Å²) in [4.78, 5) is 16.5. The second kappa shape index (κ2) is 7.41. The summed E-state index contributed by atoms with van der Waals surface area (Å²) in [5.41, 5.74) is 6.14. The Kier molecular flexibility index (Phi) is 6.46. The van der Waals surface area contributed by atoms with E-state index in [1.807, 2.05) is 11.9 Å². The van der Waals surface area contributed by atoms with Gasteiger partial charge in [0, 0.05) is 25.2 Å². The van der Waals surface area contributed by atoms with Gasteiger partial charge in [-0.15, -0.1) is 0 Å². The summed E-state index contributed by atoms with van der Waals surface area (Å²) >= 11 is 0. The van der Waals surface area contributed by atoms with Crippen molar-refractivity contribution in [3.05, 3.63) is 0 Å². The van der Waals surface area contributed by atoms with Gasteiger partial charge in [-0.25, -0.2) is 0 Å². The van der Waals surface area contributed by atoms with Crippen LogP contribution in [0.4, 0.5) is 0 Å². The fraction of sp³-hybridized carbons (Fsp3) is 0.938. The van der Waals surface area contributed by atoms with E-state index in [0.29, 0.717) is 13.1 Å². The molecule has 4 nitrogen and oxygen atoms in total. The van der Waals surface area contributed by atoms with Crippen molar-refractivity contribution in [2.24, 2.45) is 11.7 Å². The highest BCUT2D eigenvalue weighted by Gasteiger charge is 2.38. The van der Waals surface area contributed by atoms with Gasteiger partial charge in [0.15, 0.2) is 0 Å². The molecule has 0 aliphatic heterocycles. The molecule has 0 aromatic heterocycles. The van der Waals surface area contributed by atoms with Crippen molar-refractivity contribution in [3.63, 3.8) is 0 Å². The zero-order valence-corrected chi connectivity index (χ0v) is 14.0. The van der Waals surface area contributed by atoms with Crippen LogP contribution in [-0.4, -0.2) is 54.0 Å². The molecule has 0 heterocycles. The third-order valence-electron chi connectivity index (χ3n) is 5.13. The first kappa shape index (κ1) is 17.4. The molecule has 0 saturated heterocycles. The SMILES string of the molecule is CCN(CC(=O)N(C)C(C)C)C1(CN)CCC(C)CC1. The van der Waals surface area contributed by atoms with E-state index in [4.69, 9.17) is 5.73 Å². The molecule has 1 rings (SSSR count). The molecule has 0 aromatic rings. The van der Waals surface area contributed by atoms with E-state index in [9.17, 15) is 4.79 Å². The number of nitrogens with two attached hydrogens (primary N) is 1. The summed E-state index contributed by atoms with van der Waals surface area (Å²) < 4.78 is 0. The van der Waals surface area contributed by atoms with Crippen LogP contribution in [0.3, 0.4) is 0 Å². The van der Waals surface area contributed by atoms with Crippen LogP contribution in [0.5, 0.6) is 0 Å². The number of likely N-dealkylation sites (N-methyl/N-ethyl adjacent to an activating group) is 2. The standard InChI is InChI=1S/C16H33N3O/c1-6-19(11-15(20)18(5)13(2)3)16(12-17)9-7-14(4)8-10-16/h13-14H,6-12,17H2,1-5H3. The largest absolute Gasteiger partial charge is 0.342 e. The van der Waals surface area contributed by atoms with E-state index in [1.54, 1.807) is 0 Å². The van der Waals surface area contributed by atoms with E-state index in [0.717, 1.165) is 25.3 Å². The summed E-state index contributed by atoms with van der Waals surface area (Å²) in [5.74, 6) is 0.996. The molecule has 0 atom stereocenters. The minimum Gasteiger partial charge on any atom is -0.342 e. The number of carbonyl (C=O) groups is 1. The molecule has 1 aliphatic carbocycles. The van der Waals surface area contributed by atoms with Crippen LogP contribution in [0.1, 0.15) is 53.4 Å². The number of amides is 1. The van der Waals surface area contributed by atoms with Crippen LogP contribution in [0, 0.1) is 5.92 Å². The van der Waals surface area contributed by atoms with Crippen molar-refractivity contribution in [3.8, 4) is 0 Å². The normalized spacial score (nSPS) is 27.1. The lowest BCUT2D eigenvalue weighted by molar-refractivity contribution is -0.134. The Morgan fingerprint density at radius 2 is 1.90 bits per heavy atom. The number of nitrogens with zero attached hydrogens (tertiary/aromatic N) is 2. The Labute approximate surface area is 124 Å². The predicted octanol–water partition coefficient (Wildman–Crippen LogP) is 2.08. The maximum atomic E-state index is 12.4. The Morgan fingerprint density at radius 3 is 2.30 bits per heavy atom. The van der Waals surface area contributed by atoms with Crippen LogP contribution in [0.15, 0.2) is 0 Å². The minimum absolute atomic E-state index is 0.0364. The molecular weight excluding hydrogens is 250 g/mol. The molecular formula is C16H33N3O. The molecule has 0 unspecified atom stereocenters. The summed E-state index contributed by atoms with van der Waals surface area (Å²) in [6.07, 6.45) is 4.69. The van der Waals surface area contributed by atoms with Gasteiger partial charge in [0.2, 0.25) is 5.91 Å². The molecule has 1 amide bonds. The summed E-state index contributed by atoms with van der Waals surface area (Å²) in [6, 6.07) is 0.251. The number of hydrogen-bond acceptors (Lipinski definition) is 3. The quantitative estimate of drug-likeness (QED) is 0.812. The first-order valence-corrected chi connectivity index (χ1v) is 8.07. The van der Waals surface area contributed by atoms with Gasteiger partial charge in [-0.2, -0.15) is 0 Å². The average Bonchev–Trinajstić information content (AvgIpc) is 2.45. The predicted molar refractivity (Wildman–Crippen MR) is 84.6 cm³/mol. The van der Waals surface area contributed by atoms with Crippen molar-refractivity contribution in [2.45, 2.75) is 65.0 Å². The number of carbonyl (C=O) groups excluding carboxylic acids is 1. The molecule has 0 spiro atoms. The highest BCUT2D eigenvalue weighted by molar-refractivity contribution is 5.78. The Bertz CT molecular complexity index is 309. The topological polar surface area (TPSA) is 49.6 Å². The van der Waals surface area contributed by atoms with Crippen LogP contribution in [-0.2, 0) is 4.79 Å². The van der Waals surface area contributed by atoms with Gasteiger partial charge in [0.25, 0.3) is 0 Å². The fourth-order valence-electron chi connectivity index (χ4n) is 3.13. The van der Waals surface area contributed by atoms with Crippen LogP contribution in [0.25, 0.3) is 0 Å². The minimum atomic E-state index is 0.0364. The number of hydrogen-bond donors (Lipinski definition) is 1. The van der Waals surface area contributed by atoms with E-state index >= 15 is 0 Å². The van der Waals surface area contributed by atoms with Crippen molar-refractivity contribution in [1.29, 1.82) is 0 Å². The lowest BCUT2D eigenvalue weighted by atomic mass is 9.76. The highest BCUT2D eigenvalue weighted by Crippen LogP contribution is 2.35. The second-order valence-corrected chi connectivity index (χ2v) is 6.72. The summed E-state index contributed by atoms with van der Waals surface area (Å²) in [5, 5.41) is 0. The smallest absolute Gasteiger partial charge is 0.236 e. The molecule has 0 radical (unpaired) electrons. The molecule has 0 bridgehead atoms. The second-order valence-electron chi connectivity index (χ2n) is 6.72. The summed E-state index contributed by atoms with van der Waals surface area (Å²) in [6.45, 7) is 10.6.